The Morgan fingerprint density at radius 2 is 1.25 bits per heavy atom. The van der Waals surface area contributed by atoms with Crippen LogP contribution in [0, 0.1) is 29.1 Å². The highest BCUT2D eigenvalue weighted by Crippen LogP contribution is 2.33. The van der Waals surface area contributed by atoms with E-state index in [1.54, 1.807) is 86.6 Å². The fourth-order valence-electron chi connectivity index (χ4n) is 5.69. The van der Waals surface area contributed by atoms with Gasteiger partial charge in [0.25, 0.3) is 0 Å². The summed E-state index contributed by atoms with van der Waals surface area (Å²) in [6.07, 6.45) is 5.50. The van der Waals surface area contributed by atoms with Gasteiger partial charge < -0.3 is 16.4 Å². The van der Waals surface area contributed by atoms with E-state index in [1.807, 2.05) is 20.8 Å². The van der Waals surface area contributed by atoms with Crippen molar-refractivity contribution >= 4 is 69.6 Å². The number of carbonyl (C=O) groups is 4. The van der Waals surface area contributed by atoms with E-state index >= 15 is 0 Å². The number of anilines is 3. The summed E-state index contributed by atoms with van der Waals surface area (Å²) in [7, 11) is 0. The minimum absolute atomic E-state index is 0.0232. The van der Waals surface area contributed by atoms with Crippen molar-refractivity contribution < 1.29 is 19.2 Å². The third kappa shape index (κ3) is 11.2. The summed E-state index contributed by atoms with van der Waals surface area (Å²) in [5, 5.41) is 9.46. The average Bonchev–Trinajstić information content (AvgIpc) is 3.11. The minimum atomic E-state index is -1.38. The predicted molar refractivity (Wildman–Crippen MR) is 217 cm³/mol. The molecule has 11 nitrogen and oxygen atoms in total. The lowest BCUT2D eigenvalue weighted by Gasteiger charge is -2.33. The Balaban J connectivity index is 1.72. The Kier molecular flexibility index (Phi) is 13.5. The van der Waals surface area contributed by atoms with Gasteiger partial charge in [-0.2, -0.15) is 0 Å². The van der Waals surface area contributed by atoms with Gasteiger partial charge in [0.05, 0.1) is 0 Å². The fraction of sp³-hybridized carbons (Fsp3) is 0.238. The van der Waals surface area contributed by atoms with Gasteiger partial charge in [-0.1, -0.05) is 65.5 Å². The standard InChI is InChI=1S/C42H40Cl2N6O5/c1-7-35(51)49(33-19-10-15-29(43)25-33)38(28-14-9-18-32(24-28)48-55)40(54)47-42(5,6)22-12-21-36(52)50(34-20-11-16-30(44)26-34)37(39(53)46-41(2,3)4)27-13-8-17-31(45)23-27/h1,8-11,13-20,23-26,37-38H,22,45H2,2-6H3,(H,46,53)(H,47,54). The highest BCUT2D eigenvalue weighted by atomic mass is 35.5. The Morgan fingerprint density at radius 3 is 1.76 bits per heavy atom. The molecule has 55 heavy (non-hydrogen) atoms. The van der Waals surface area contributed by atoms with E-state index in [-0.39, 0.29) is 28.4 Å². The molecule has 0 saturated heterocycles. The molecule has 2 unspecified atom stereocenters. The molecule has 0 aromatic heterocycles. The zero-order chi connectivity index (χ0) is 40.5. The summed E-state index contributed by atoms with van der Waals surface area (Å²) in [4.78, 5) is 69.5. The summed E-state index contributed by atoms with van der Waals surface area (Å²) >= 11 is 12.6. The van der Waals surface area contributed by atoms with E-state index in [2.05, 4.69) is 33.6 Å². The maximum absolute atomic E-state index is 14.3. The molecule has 0 spiro atoms. The van der Waals surface area contributed by atoms with Gasteiger partial charge in [-0.3, -0.25) is 29.0 Å². The maximum Gasteiger partial charge on any atom is 0.303 e. The number of nitrogens with one attached hydrogen (secondary N) is 2. The first kappa shape index (κ1) is 41.6. The Hall–Kier alpha value is -6.14. The largest absolute Gasteiger partial charge is 0.399 e. The molecule has 0 aliphatic rings. The lowest BCUT2D eigenvalue weighted by Crippen LogP contribution is -2.50. The Bertz CT molecular complexity index is 2220. The smallest absolute Gasteiger partial charge is 0.303 e. The molecule has 13 heteroatoms. The van der Waals surface area contributed by atoms with Crippen molar-refractivity contribution in [2.75, 3.05) is 15.5 Å². The Labute approximate surface area is 330 Å². The molecule has 0 saturated carbocycles. The summed E-state index contributed by atoms with van der Waals surface area (Å²) in [5.74, 6) is 4.85. The number of halogens is 2. The first-order valence-electron chi connectivity index (χ1n) is 17.0. The normalized spacial score (nSPS) is 12.1. The van der Waals surface area contributed by atoms with Crippen LogP contribution in [0.25, 0.3) is 0 Å². The molecular formula is C42H40Cl2N6O5. The van der Waals surface area contributed by atoms with Crippen LogP contribution in [0.15, 0.2) is 102 Å². The number of amides is 4. The van der Waals surface area contributed by atoms with Crippen molar-refractivity contribution in [3.63, 3.8) is 0 Å². The van der Waals surface area contributed by atoms with Crippen LogP contribution in [-0.2, 0) is 19.2 Å². The van der Waals surface area contributed by atoms with Gasteiger partial charge in [0, 0.05) is 44.6 Å². The van der Waals surface area contributed by atoms with Crippen LogP contribution < -0.4 is 26.2 Å². The maximum atomic E-state index is 14.3. The van der Waals surface area contributed by atoms with Gasteiger partial charge in [0.2, 0.25) is 11.8 Å². The topological polar surface area (TPSA) is 154 Å². The van der Waals surface area contributed by atoms with E-state index in [9.17, 15) is 24.1 Å². The molecule has 4 N–H and O–H groups in total. The van der Waals surface area contributed by atoms with Crippen LogP contribution >= 0.6 is 23.2 Å². The lowest BCUT2D eigenvalue weighted by molar-refractivity contribution is -0.126. The lowest BCUT2D eigenvalue weighted by atomic mass is 9.97. The van der Waals surface area contributed by atoms with Gasteiger partial charge in [-0.05, 0) is 123 Å². The molecule has 0 aliphatic carbocycles. The van der Waals surface area contributed by atoms with Gasteiger partial charge in [0.1, 0.15) is 17.8 Å². The highest BCUT2D eigenvalue weighted by molar-refractivity contribution is 6.31. The number of nitrogens with zero attached hydrogens (tertiary/aromatic N) is 3. The van der Waals surface area contributed by atoms with E-state index < -0.39 is 46.8 Å². The predicted octanol–water partition coefficient (Wildman–Crippen LogP) is 7.66. The van der Waals surface area contributed by atoms with Crippen molar-refractivity contribution in [1.82, 2.24) is 10.6 Å². The van der Waals surface area contributed by atoms with Crippen molar-refractivity contribution in [1.29, 1.82) is 0 Å². The zero-order valence-corrected chi connectivity index (χ0v) is 32.4. The molecule has 0 radical (unpaired) electrons. The van der Waals surface area contributed by atoms with Crippen LogP contribution in [-0.4, -0.2) is 34.7 Å². The second-order valence-corrected chi connectivity index (χ2v) is 15.1. The zero-order valence-electron chi connectivity index (χ0n) is 30.9. The second kappa shape index (κ2) is 17.8. The number of nitrogen functional groups attached to an aromatic ring is 1. The average molecular weight is 780 g/mol. The van der Waals surface area contributed by atoms with Gasteiger partial charge >= 0.3 is 11.8 Å². The number of terminal acetylenes is 1. The van der Waals surface area contributed by atoms with Crippen LogP contribution in [0.4, 0.5) is 22.7 Å². The summed E-state index contributed by atoms with van der Waals surface area (Å²) in [6, 6.07) is 22.7. The first-order chi connectivity index (χ1) is 25.9. The number of benzene rings is 4. The molecule has 0 fully saturated rings. The third-order valence-electron chi connectivity index (χ3n) is 7.95. The highest BCUT2D eigenvalue weighted by Gasteiger charge is 2.36. The van der Waals surface area contributed by atoms with Gasteiger partial charge in [-0.25, -0.2) is 0 Å². The van der Waals surface area contributed by atoms with Crippen molar-refractivity contribution in [2.45, 2.75) is 64.2 Å². The van der Waals surface area contributed by atoms with E-state index in [0.717, 1.165) is 4.90 Å². The third-order valence-corrected chi connectivity index (χ3v) is 8.42. The first-order valence-corrected chi connectivity index (χ1v) is 17.7. The van der Waals surface area contributed by atoms with Gasteiger partial charge in [-0.15, -0.1) is 11.3 Å². The molecule has 282 valence electrons. The molecule has 2 atom stereocenters. The number of rotatable bonds is 11. The number of hydrogen-bond donors (Lipinski definition) is 3. The second-order valence-electron chi connectivity index (χ2n) is 14.2. The molecule has 0 heterocycles. The SMILES string of the molecule is C#CC(=O)N(c1cccc(Cl)c1)C(C(=O)NC(C)(C)CC#CC(=O)N(c1cccc(Cl)c1)C(C(=O)NC(C)(C)C)c1cccc(N)c1)c1cccc(N=O)c1. The Morgan fingerprint density at radius 1 is 0.745 bits per heavy atom. The molecule has 4 aromatic rings. The number of hydrogen-bond acceptors (Lipinski definition) is 7. The quantitative estimate of drug-likeness (QED) is 0.0807. The van der Waals surface area contributed by atoms with Crippen LogP contribution in [0.5, 0.6) is 0 Å². The number of nitroso groups, excluding NO2 is 1. The van der Waals surface area contributed by atoms with E-state index in [4.69, 9.17) is 35.4 Å². The fourth-order valence-corrected chi connectivity index (χ4v) is 6.06. The van der Waals surface area contributed by atoms with Crippen molar-refractivity contribution in [2.24, 2.45) is 5.18 Å². The molecule has 4 aromatic carbocycles. The van der Waals surface area contributed by atoms with Crippen molar-refractivity contribution in [3.8, 4) is 24.2 Å². The molecule has 0 bridgehead atoms. The van der Waals surface area contributed by atoms with E-state index in [0.29, 0.717) is 22.0 Å². The number of carbonyl (C=O) groups excluding carboxylic acids is 4. The van der Waals surface area contributed by atoms with Gasteiger partial charge in [0.15, 0.2) is 0 Å². The number of nitrogens with two attached hydrogens (primary N) is 1. The van der Waals surface area contributed by atoms with Crippen LogP contribution in [0.1, 0.15) is 64.3 Å². The van der Waals surface area contributed by atoms with Crippen LogP contribution in [0.3, 0.4) is 0 Å². The summed E-state index contributed by atoms with van der Waals surface area (Å²) in [6.45, 7) is 8.82. The molecular weight excluding hydrogens is 739 g/mol. The molecule has 4 rings (SSSR count). The van der Waals surface area contributed by atoms with Crippen molar-refractivity contribution in [3.05, 3.63) is 123 Å². The summed E-state index contributed by atoms with van der Waals surface area (Å²) in [5.41, 5.74) is 5.99. The monoisotopic (exact) mass is 778 g/mol. The molecule has 0 aliphatic heterocycles. The molecule has 4 amide bonds. The minimum Gasteiger partial charge on any atom is -0.399 e. The summed E-state index contributed by atoms with van der Waals surface area (Å²) < 4.78 is 0. The van der Waals surface area contributed by atoms with Crippen LogP contribution in [0.2, 0.25) is 10.0 Å². The van der Waals surface area contributed by atoms with E-state index in [1.165, 1.54) is 29.2 Å².